The number of aryl methyl sites for hydroxylation is 1. The van der Waals surface area contributed by atoms with E-state index in [1.165, 1.54) is 24.3 Å². The van der Waals surface area contributed by atoms with E-state index in [-0.39, 0.29) is 5.78 Å². The average molecular weight is 200 g/mol. The van der Waals surface area contributed by atoms with E-state index in [1.54, 1.807) is 0 Å². The lowest BCUT2D eigenvalue weighted by Crippen LogP contribution is -2.22. The van der Waals surface area contributed by atoms with Crippen LogP contribution in [0.3, 0.4) is 0 Å². The molecule has 0 spiro atoms. The van der Waals surface area contributed by atoms with Crippen molar-refractivity contribution in [1.29, 1.82) is 0 Å². The molecule has 0 unspecified atom stereocenters. The van der Waals surface area contributed by atoms with Crippen molar-refractivity contribution in [2.75, 3.05) is 0 Å². The van der Waals surface area contributed by atoms with E-state index in [1.807, 2.05) is 31.2 Å². The molecular formula is C13H12O2. The van der Waals surface area contributed by atoms with E-state index >= 15 is 0 Å². The summed E-state index contributed by atoms with van der Waals surface area (Å²) in [5.74, 6) is -0.0909. The van der Waals surface area contributed by atoms with Crippen molar-refractivity contribution in [1.82, 2.24) is 0 Å². The van der Waals surface area contributed by atoms with Crippen molar-refractivity contribution in [3.63, 3.8) is 0 Å². The molecule has 0 aliphatic heterocycles. The molecule has 0 saturated carbocycles. The first-order valence-corrected chi connectivity index (χ1v) is 4.82. The predicted molar refractivity (Wildman–Crippen MR) is 58.4 cm³/mol. The van der Waals surface area contributed by atoms with E-state index < -0.39 is 5.60 Å². The van der Waals surface area contributed by atoms with Crippen LogP contribution in [0.4, 0.5) is 0 Å². The zero-order valence-corrected chi connectivity index (χ0v) is 8.47. The Morgan fingerprint density at radius 1 is 1.07 bits per heavy atom. The maximum absolute atomic E-state index is 11.0. The van der Waals surface area contributed by atoms with Gasteiger partial charge in [0.1, 0.15) is 5.60 Å². The number of aliphatic hydroxyl groups is 1. The Morgan fingerprint density at radius 2 is 1.60 bits per heavy atom. The van der Waals surface area contributed by atoms with Crippen LogP contribution in [0.1, 0.15) is 11.1 Å². The Labute approximate surface area is 88.6 Å². The first kappa shape index (κ1) is 9.87. The largest absolute Gasteiger partial charge is 0.377 e. The van der Waals surface area contributed by atoms with Gasteiger partial charge in [-0.3, -0.25) is 4.79 Å². The standard InChI is InChI=1S/C13H12O2/c1-10-2-4-11(5-3-10)13(15)8-6-12(14)7-9-13/h2-9,15H,1H3. The van der Waals surface area contributed by atoms with Crippen LogP contribution in [0.15, 0.2) is 48.6 Å². The second kappa shape index (κ2) is 3.48. The van der Waals surface area contributed by atoms with Gasteiger partial charge in [-0.15, -0.1) is 0 Å². The molecule has 0 amide bonds. The minimum absolute atomic E-state index is 0.0909. The third-order valence-corrected chi connectivity index (χ3v) is 2.52. The number of hydrogen-bond acceptors (Lipinski definition) is 2. The van der Waals surface area contributed by atoms with E-state index in [0.29, 0.717) is 0 Å². The maximum atomic E-state index is 11.0. The Bertz CT molecular complexity index is 422. The topological polar surface area (TPSA) is 37.3 Å². The number of ketones is 1. The third kappa shape index (κ3) is 1.90. The highest BCUT2D eigenvalue weighted by molar-refractivity contribution is 6.00. The van der Waals surface area contributed by atoms with Gasteiger partial charge in [0.15, 0.2) is 5.78 Å². The smallest absolute Gasteiger partial charge is 0.178 e. The Balaban J connectivity index is 2.38. The number of carbonyl (C=O) groups is 1. The summed E-state index contributed by atoms with van der Waals surface area (Å²) in [6.45, 7) is 1.99. The summed E-state index contributed by atoms with van der Waals surface area (Å²) in [4.78, 5) is 11.0. The predicted octanol–water partition coefficient (Wildman–Crippen LogP) is 1.88. The molecule has 1 N–H and O–H groups in total. The first-order valence-electron chi connectivity index (χ1n) is 4.82. The molecule has 0 atom stereocenters. The van der Waals surface area contributed by atoms with Crippen molar-refractivity contribution in [2.45, 2.75) is 12.5 Å². The van der Waals surface area contributed by atoms with E-state index in [9.17, 15) is 9.90 Å². The molecule has 0 aromatic heterocycles. The van der Waals surface area contributed by atoms with Crippen molar-refractivity contribution in [2.24, 2.45) is 0 Å². The Hall–Kier alpha value is -1.67. The molecule has 2 rings (SSSR count). The van der Waals surface area contributed by atoms with Crippen LogP contribution in [0.2, 0.25) is 0 Å². The van der Waals surface area contributed by atoms with E-state index in [4.69, 9.17) is 0 Å². The van der Waals surface area contributed by atoms with Crippen LogP contribution >= 0.6 is 0 Å². The SMILES string of the molecule is Cc1ccc(C2(O)C=CC(=O)C=C2)cc1. The van der Waals surface area contributed by atoms with Gasteiger partial charge in [-0.1, -0.05) is 29.8 Å². The molecule has 0 radical (unpaired) electrons. The minimum atomic E-state index is -1.14. The molecule has 0 fully saturated rings. The highest BCUT2D eigenvalue weighted by Crippen LogP contribution is 2.26. The number of hydrogen-bond donors (Lipinski definition) is 1. The molecule has 0 heterocycles. The number of carbonyl (C=O) groups excluding carboxylic acids is 1. The Kier molecular flexibility index (Phi) is 2.29. The fourth-order valence-corrected chi connectivity index (χ4v) is 1.54. The third-order valence-electron chi connectivity index (χ3n) is 2.52. The van der Waals surface area contributed by atoms with Gasteiger partial charge >= 0.3 is 0 Å². The van der Waals surface area contributed by atoms with Crippen molar-refractivity contribution in [3.8, 4) is 0 Å². The van der Waals surface area contributed by atoms with Crippen molar-refractivity contribution < 1.29 is 9.90 Å². The van der Waals surface area contributed by atoms with Gasteiger partial charge in [0, 0.05) is 0 Å². The quantitative estimate of drug-likeness (QED) is 0.751. The summed E-state index contributed by atoms with van der Waals surface area (Å²) in [6, 6.07) is 7.59. The zero-order chi connectivity index (χ0) is 10.9. The normalized spacial score (nSPS) is 18.1. The lowest BCUT2D eigenvalue weighted by atomic mass is 9.89. The highest BCUT2D eigenvalue weighted by atomic mass is 16.3. The lowest BCUT2D eigenvalue weighted by Gasteiger charge is -2.23. The minimum Gasteiger partial charge on any atom is -0.377 e. The lowest BCUT2D eigenvalue weighted by molar-refractivity contribution is -0.110. The summed E-state index contributed by atoms with van der Waals surface area (Å²) < 4.78 is 0. The zero-order valence-electron chi connectivity index (χ0n) is 8.47. The summed E-state index contributed by atoms with van der Waals surface area (Å²) in [5, 5.41) is 10.2. The van der Waals surface area contributed by atoms with Gasteiger partial charge in [-0.25, -0.2) is 0 Å². The molecule has 1 aromatic carbocycles. The first-order chi connectivity index (χ1) is 7.10. The number of allylic oxidation sites excluding steroid dienone is 2. The fraction of sp³-hybridized carbons (Fsp3) is 0.154. The fourth-order valence-electron chi connectivity index (χ4n) is 1.54. The van der Waals surface area contributed by atoms with Crippen LogP contribution in [0.25, 0.3) is 0 Å². The van der Waals surface area contributed by atoms with Gasteiger partial charge in [0.05, 0.1) is 0 Å². The molecular weight excluding hydrogens is 188 g/mol. The van der Waals surface area contributed by atoms with E-state index in [0.717, 1.165) is 11.1 Å². The van der Waals surface area contributed by atoms with Crippen LogP contribution < -0.4 is 0 Å². The molecule has 15 heavy (non-hydrogen) atoms. The maximum Gasteiger partial charge on any atom is 0.178 e. The Morgan fingerprint density at radius 3 is 2.13 bits per heavy atom. The number of rotatable bonds is 1. The molecule has 1 aromatic rings. The highest BCUT2D eigenvalue weighted by Gasteiger charge is 2.25. The van der Waals surface area contributed by atoms with Gasteiger partial charge < -0.3 is 5.11 Å². The molecule has 0 bridgehead atoms. The molecule has 0 saturated heterocycles. The summed E-state index contributed by atoms with van der Waals surface area (Å²) in [5.41, 5.74) is 0.775. The van der Waals surface area contributed by atoms with Gasteiger partial charge in [0.2, 0.25) is 0 Å². The molecule has 1 aliphatic rings. The number of benzene rings is 1. The average Bonchev–Trinajstić information content (AvgIpc) is 2.24. The van der Waals surface area contributed by atoms with Crippen molar-refractivity contribution in [3.05, 3.63) is 59.7 Å². The second-order valence-corrected chi connectivity index (χ2v) is 3.76. The molecule has 2 nitrogen and oxygen atoms in total. The monoisotopic (exact) mass is 200 g/mol. The molecule has 2 heteroatoms. The second-order valence-electron chi connectivity index (χ2n) is 3.76. The summed E-state index contributed by atoms with van der Waals surface area (Å²) in [6.07, 6.45) is 5.81. The van der Waals surface area contributed by atoms with Crippen LogP contribution in [0, 0.1) is 6.92 Å². The van der Waals surface area contributed by atoms with Gasteiger partial charge in [-0.05, 0) is 36.8 Å². The van der Waals surface area contributed by atoms with Crippen LogP contribution in [-0.2, 0) is 10.4 Å². The molecule has 1 aliphatic carbocycles. The summed E-state index contributed by atoms with van der Waals surface area (Å²) in [7, 11) is 0. The summed E-state index contributed by atoms with van der Waals surface area (Å²) >= 11 is 0. The van der Waals surface area contributed by atoms with Crippen molar-refractivity contribution >= 4 is 5.78 Å². The van der Waals surface area contributed by atoms with Gasteiger partial charge in [0.25, 0.3) is 0 Å². The molecule has 76 valence electrons. The van der Waals surface area contributed by atoms with Gasteiger partial charge in [-0.2, -0.15) is 0 Å². The van der Waals surface area contributed by atoms with Crippen LogP contribution in [0.5, 0.6) is 0 Å². The van der Waals surface area contributed by atoms with Crippen LogP contribution in [-0.4, -0.2) is 10.9 Å². The van der Waals surface area contributed by atoms with E-state index in [2.05, 4.69) is 0 Å².